The van der Waals surface area contributed by atoms with Crippen molar-refractivity contribution < 1.29 is 9.53 Å². The first-order valence-corrected chi connectivity index (χ1v) is 12.4. The van der Waals surface area contributed by atoms with Gasteiger partial charge in [-0.15, -0.1) is 0 Å². The van der Waals surface area contributed by atoms with E-state index >= 15 is 0 Å². The monoisotopic (exact) mass is 459 g/mol. The molecule has 0 bridgehead atoms. The van der Waals surface area contributed by atoms with Crippen LogP contribution in [0.15, 0.2) is 24.4 Å². The second-order valence-electron chi connectivity index (χ2n) is 10.4. The highest BCUT2D eigenvalue weighted by Crippen LogP contribution is 2.45. The maximum atomic E-state index is 13.1. The molecule has 178 valence electrons. The maximum Gasteiger partial charge on any atom is 0.228 e. The van der Waals surface area contributed by atoms with E-state index in [1.807, 2.05) is 23.1 Å². The van der Waals surface area contributed by atoms with E-state index in [0.717, 1.165) is 54.0 Å². The van der Waals surface area contributed by atoms with Crippen molar-refractivity contribution in [1.29, 1.82) is 5.26 Å². The Morgan fingerprint density at radius 2 is 2.09 bits per heavy atom. The van der Waals surface area contributed by atoms with E-state index in [1.165, 1.54) is 0 Å². The molecular formula is C27H33N5O2. The summed E-state index contributed by atoms with van der Waals surface area (Å²) in [6, 6.07) is 8.26. The van der Waals surface area contributed by atoms with Crippen LogP contribution in [0, 0.1) is 11.3 Å². The molecule has 2 aromatic rings. The van der Waals surface area contributed by atoms with E-state index in [4.69, 9.17) is 9.72 Å². The topological polar surface area (TPSA) is 82.4 Å². The number of nitriles is 1. The van der Waals surface area contributed by atoms with Gasteiger partial charge >= 0.3 is 0 Å². The van der Waals surface area contributed by atoms with Crippen molar-refractivity contribution >= 4 is 11.7 Å². The lowest BCUT2D eigenvalue weighted by molar-refractivity contribution is -0.133. The van der Waals surface area contributed by atoms with Crippen molar-refractivity contribution in [3.8, 4) is 6.07 Å². The lowest BCUT2D eigenvalue weighted by Gasteiger charge is -2.43. The van der Waals surface area contributed by atoms with Crippen LogP contribution in [-0.2, 0) is 29.0 Å². The number of amides is 1. The molecule has 1 saturated carbocycles. The summed E-state index contributed by atoms with van der Waals surface area (Å²) in [5, 5.41) is 10.2. The molecular weight excluding hydrogens is 426 g/mol. The van der Waals surface area contributed by atoms with Crippen molar-refractivity contribution in [1.82, 2.24) is 14.9 Å². The van der Waals surface area contributed by atoms with Gasteiger partial charge in [-0.05, 0) is 50.8 Å². The molecule has 0 aromatic carbocycles. The second-order valence-corrected chi connectivity index (χ2v) is 10.4. The third kappa shape index (κ3) is 4.39. The normalized spacial score (nSPS) is 21.6. The number of fused-ring (bicyclic) bond motifs is 1. The maximum absolute atomic E-state index is 13.1. The number of anilines is 1. The minimum absolute atomic E-state index is 0.0819. The standard InChI is InChI=1S/C27H33N5O2/c1-4-20-16-31(11-12-32(20)24(33)13-19-7-5-6-10-29-19)26-22(15-28)21-14-27(2,3)34-17-23(21)25(30-26)18-8-9-18/h5-7,10,18,20H,4,8-9,11-14,16-17H2,1-3H3/t20-/m1/s1. The lowest BCUT2D eigenvalue weighted by atomic mass is 9.87. The van der Waals surface area contributed by atoms with Gasteiger partial charge in [0, 0.05) is 55.5 Å². The number of hydrogen-bond donors (Lipinski definition) is 0. The number of ether oxygens (including phenoxy) is 1. The number of carbonyl (C=O) groups excluding carboxylic acids is 1. The zero-order valence-corrected chi connectivity index (χ0v) is 20.4. The molecule has 2 aliphatic heterocycles. The van der Waals surface area contributed by atoms with Crippen LogP contribution in [0.25, 0.3) is 0 Å². The molecule has 0 N–H and O–H groups in total. The lowest BCUT2D eigenvalue weighted by Crippen LogP contribution is -2.56. The van der Waals surface area contributed by atoms with E-state index in [0.29, 0.717) is 44.1 Å². The summed E-state index contributed by atoms with van der Waals surface area (Å²) in [6.07, 6.45) is 5.93. The average Bonchev–Trinajstić information content (AvgIpc) is 3.68. The van der Waals surface area contributed by atoms with Gasteiger partial charge in [-0.25, -0.2) is 4.98 Å². The van der Waals surface area contributed by atoms with Crippen LogP contribution in [0.2, 0.25) is 0 Å². The highest BCUT2D eigenvalue weighted by atomic mass is 16.5. The van der Waals surface area contributed by atoms with Crippen molar-refractivity contribution in [3.63, 3.8) is 0 Å². The molecule has 0 unspecified atom stereocenters. The molecule has 34 heavy (non-hydrogen) atoms. The molecule has 7 nitrogen and oxygen atoms in total. The summed E-state index contributed by atoms with van der Waals surface area (Å²) in [7, 11) is 0. The number of pyridine rings is 2. The fraction of sp³-hybridized carbons (Fsp3) is 0.556. The van der Waals surface area contributed by atoms with E-state index < -0.39 is 0 Å². The number of aromatic nitrogens is 2. The molecule has 1 atom stereocenters. The second kappa shape index (κ2) is 8.99. The summed E-state index contributed by atoms with van der Waals surface area (Å²) in [4.78, 5) is 26.8. The van der Waals surface area contributed by atoms with E-state index in [-0.39, 0.29) is 17.6 Å². The van der Waals surface area contributed by atoms with Gasteiger partial charge in [0.1, 0.15) is 11.9 Å². The van der Waals surface area contributed by atoms with Gasteiger partial charge in [0.05, 0.1) is 29.9 Å². The van der Waals surface area contributed by atoms with Crippen molar-refractivity contribution in [2.75, 3.05) is 24.5 Å². The molecule has 7 heteroatoms. The molecule has 1 amide bonds. The fourth-order valence-corrected chi connectivity index (χ4v) is 5.30. The molecule has 3 aliphatic rings. The summed E-state index contributed by atoms with van der Waals surface area (Å²) >= 11 is 0. The van der Waals surface area contributed by atoms with Crippen molar-refractivity contribution in [3.05, 3.63) is 52.5 Å². The average molecular weight is 460 g/mol. The van der Waals surface area contributed by atoms with E-state index in [9.17, 15) is 10.1 Å². The minimum atomic E-state index is -0.291. The molecule has 2 fully saturated rings. The molecule has 4 heterocycles. The van der Waals surface area contributed by atoms with Gasteiger partial charge in [-0.3, -0.25) is 9.78 Å². The van der Waals surface area contributed by atoms with E-state index in [1.54, 1.807) is 6.20 Å². The highest BCUT2D eigenvalue weighted by molar-refractivity contribution is 5.79. The van der Waals surface area contributed by atoms with Crippen LogP contribution >= 0.6 is 0 Å². The van der Waals surface area contributed by atoms with Gasteiger partial charge in [0.25, 0.3) is 0 Å². The first-order valence-electron chi connectivity index (χ1n) is 12.4. The molecule has 5 rings (SSSR count). The Balaban J connectivity index is 1.43. The first kappa shape index (κ1) is 22.8. The van der Waals surface area contributed by atoms with Gasteiger partial charge < -0.3 is 14.5 Å². The minimum Gasteiger partial charge on any atom is -0.370 e. The Kier molecular flexibility index (Phi) is 6.03. The summed E-state index contributed by atoms with van der Waals surface area (Å²) in [6.45, 7) is 8.82. The number of piperazine rings is 1. The van der Waals surface area contributed by atoms with Crippen LogP contribution in [0.3, 0.4) is 0 Å². The molecule has 1 aliphatic carbocycles. The third-order valence-electron chi connectivity index (χ3n) is 7.34. The van der Waals surface area contributed by atoms with Crippen molar-refractivity contribution in [2.45, 2.75) is 77.0 Å². The van der Waals surface area contributed by atoms with Crippen LogP contribution in [0.1, 0.15) is 74.0 Å². The first-order chi connectivity index (χ1) is 16.4. The summed E-state index contributed by atoms with van der Waals surface area (Å²) < 4.78 is 6.11. The number of carbonyl (C=O) groups is 1. The Labute approximate surface area is 201 Å². The highest BCUT2D eigenvalue weighted by Gasteiger charge is 2.38. The SMILES string of the molecule is CC[C@@H]1CN(c2nc(C3CC3)c3c(c2C#N)CC(C)(C)OC3)CCN1C(=O)Cc1ccccn1. The fourth-order valence-electron chi connectivity index (χ4n) is 5.30. The number of hydrogen-bond acceptors (Lipinski definition) is 6. The van der Waals surface area contributed by atoms with Crippen LogP contribution in [0.5, 0.6) is 0 Å². The van der Waals surface area contributed by atoms with Crippen LogP contribution in [-0.4, -0.2) is 52.1 Å². The zero-order valence-electron chi connectivity index (χ0n) is 20.4. The van der Waals surface area contributed by atoms with Crippen LogP contribution in [0.4, 0.5) is 5.82 Å². The van der Waals surface area contributed by atoms with Crippen molar-refractivity contribution in [2.24, 2.45) is 0 Å². The predicted molar refractivity (Wildman–Crippen MR) is 129 cm³/mol. The summed E-state index contributed by atoms with van der Waals surface area (Å²) in [5.74, 6) is 1.39. The Morgan fingerprint density at radius 1 is 1.26 bits per heavy atom. The van der Waals surface area contributed by atoms with Gasteiger partial charge in [0.15, 0.2) is 0 Å². The zero-order chi connectivity index (χ0) is 23.9. The van der Waals surface area contributed by atoms with Crippen LogP contribution < -0.4 is 4.90 Å². The molecule has 2 aromatic heterocycles. The third-order valence-corrected chi connectivity index (χ3v) is 7.34. The Morgan fingerprint density at radius 3 is 2.76 bits per heavy atom. The van der Waals surface area contributed by atoms with Gasteiger partial charge in [-0.1, -0.05) is 13.0 Å². The van der Waals surface area contributed by atoms with Gasteiger partial charge in [0.2, 0.25) is 5.91 Å². The Bertz CT molecular complexity index is 1120. The summed E-state index contributed by atoms with van der Waals surface area (Å²) in [5.41, 5.74) is 4.58. The number of rotatable bonds is 5. The molecule has 0 spiro atoms. The van der Waals surface area contributed by atoms with Gasteiger partial charge in [-0.2, -0.15) is 5.26 Å². The predicted octanol–water partition coefficient (Wildman–Crippen LogP) is 3.75. The van der Waals surface area contributed by atoms with E-state index in [2.05, 4.69) is 36.7 Å². The smallest absolute Gasteiger partial charge is 0.228 e. The molecule has 1 saturated heterocycles. The number of nitrogens with zero attached hydrogens (tertiary/aromatic N) is 5. The quantitative estimate of drug-likeness (QED) is 0.677. The largest absolute Gasteiger partial charge is 0.370 e. The molecule has 0 radical (unpaired) electrons. The Hall–Kier alpha value is -2.98.